The molecule has 1 N–H and O–H groups in total. The minimum Gasteiger partial charge on any atom is -0.381 e. The highest BCUT2D eigenvalue weighted by Gasteiger charge is 2.16. The van der Waals surface area contributed by atoms with Crippen molar-refractivity contribution in [2.24, 2.45) is 5.92 Å². The number of pyridine rings is 1. The fourth-order valence-electron chi connectivity index (χ4n) is 1.59. The summed E-state index contributed by atoms with van der Waals surface area (Å²) in [4.78, 5) is 15.7. The second-order valence-corrected chi connectivity index (χ2v) is 4.62. The molecule has 1 fully saturated rings. The van der Waals surface area contributed by atoms with Gasteiger partial charge in [-0.3, -0.25) is 4.79 Å². The molecule has 0 bridgehead atoms. The fraction of sp³-hybridized carbons (Fsp3) is 0.455. The maximum atomic E-state index is 11.7. The number of aromatic nitrogens is 1. The van der Waals surface area contributed by atoms with Gasteiger partial charge in [0.05, 0.1) is 12.2 Å². The van der Waals surface area contributed by atoms with E-state index in [1.807, 2.05) is 0 Å². The lowest BCUT2D eigenvalue weighted by atomic mass is 10.1. The first-order valence-corrected chi connectivity index (χ1v) is 6.02. The van der Waals surface area contributed by atoms with Crippen molar-refractivity contribution in [1.82, 2.24) is 10.3 Å². The maximum Gasteiger partial charge on any atom is 0.252 e. The van der Waals surface area contributed by atoms with E-state index in [1.54, 1.807) is 18.3 Å². The van der Waals surface area contributed by atoms with Crippen LogP contribution in [0.25, 0.3) is 0 Å². The van der Waals surface area contributed by atoms with E-state index in [9.17, 15) is 4.79 Å². The van der Waals surface area contributed by atoms with Crippen molar-refractivity contribution in [3.63, 3.8) is 0 Å². The summed E-state index contributed by atoms with van der Waals surface area (Å²) in [5, 5.41) is 2.89. The quantitative estimate of drug-likeness (QED) is 0.858. The summed E-state index contributed by atoms with van der Waals surface area (Å²) in [6.45, 7) is 2.23. The van der Waals surface area contributed by atoms with Crippen molar-refractivity contribution in [2.45, 2.75) is 6.42 Å². The van der Waals surface area contributed by atoms with Crippen LogP contribution in [-0.2, 0) is 4.74 Å². The molecular weight excluding hydrogens is 272 g/mol. The summed E-state index contributed by atoms with van der Waals surface area (Å²) < 4.78 is 5.97. The van der Waals surface area contributed by atoms with Gasteiger partial charge in [-0.05, 0) is 34.5 Å². The number of nitrogens with zero attached hydrogens (tertiary/aromatic N) is 1. The highest BCUT2D eigenvalue weighted by Crippen LogP contribution is 2.11. The van der Waals surface area contributed by atoms with Gasteiger partial charge in [0.1, 0.15) is 4.60 Å². The van der Waals surface area contributed by atoms with Crippen molar-refractivity contribution in [3.05, 3.63) is 28.5 Å². The van der Waals surface area contributed by atoms with Crippen molar-refractivity contribution in [2.75, 3.05) is 19.8 Å². The first-order valence-electron chi connectivity index (χ1n) is 5.23. The normalized spacial score (nSPS) is 19.7. The number of ether oxygens (including phenoxy) is 1. The molecule has 1 aliphatic rings. The Bertz CT molecular complexity index is 361. The Kier molecular flexibility index (Phi) is 3.90. The van der Waals surface area contributed by atoms with Gasteiger partial charge in [0.25, 0.3) is 5.91 Å². The standard InChI is InChI=1S/C11H13BrN2O2/c12-10-2-1-9(6-13-10)11(15)14-5-8-3-4-16-7-8/h1-2,6,8H,3-5,7H2,(H,14,15). The van der Waals surface area contributed by atoms with E-state index in [-0.39, 0.29) is 5.91 Å². The number of hydrogen-bond acceptors (Lipinski definition) is 3. The Hall–Kier alpha value is -0.940. The summed E-state index contributed by atoms with van der Waals surface area (Å²) >= 11 is 3.23. The number of carbonyl (C=O) groups is 1. The Balaban J connectivity index is 1.85. The monoisotopic (exact) mass is 284 g/mol. The van der Waals surface area contributed by atoms with Crippen molar-refractivity contribution >= 4 is 21.8 Å². The Morgan fingerprint density at radius 1 is 1.62 bits per heavy atom. The fourth-order valence-corrected chi connectivity index (χ4v) is 1.83. The zero-order valence-electron chi connectivity index (χ0n) is 8.78. The molecule has 1 aliphatic heterocycles. The van der Waals surface area contributed by atoms with Crippen molar-refractivity contribution < 1.29 is 9.53 Å². The number of hydrogen-bond donors (Lipinski definition) is 1. The summed E-state index contributed by atoms with van der Waals surface area (Å²) in [5.74, 6) is 0.374. The lowest BCUT2D eigenvalue weighted by Crippen LogP contribution is -2.29. The van der Waals surface area contributed by atoms with Crippen molar-refractivity contribution in [1.29, 1.82) is 0 Å². The summed E-state index contributed by atoms with van der Waals surface area (Å²) in [5.41, 5.74) is 0.585. The topological polar surface area (TPSA) is 51.2 Å². The molecule has 0 radical (unpaired) electrons. The lowest BCUT2D eigenvalue weighted by molar-refractivity contribution is 0.0944. The van der Waals surface area contributed by atoms with Crippen LogP contribution in [0.3, 0.4) is 0 Å². The van der Waals surface area contributed by atoms with E-state index in [1.165, 1.54) is 0 Å². The number of halogens is 1. The SMILES string of the molecule is O=C(NCC1CCOC1)c1ccc(Br)nc1. The zero-order valence-corrected chi connectivity index (χ0v) is 10.4. The molecule has 0 aliphatic carbocycles. The van der Waals surface area contributed by atoms with Crippen molar-refractivity contribution in [3.8, 4) is 0 Å². The minimum atomic E-state index is -0.0769. The maximum absolute atomic E-state index is 11.7. The van der Waals surface area contributed by atoms with Crippen LogP contribution in [0.1, 0.15) is 16.8 Å². The van der Waals surface area contributed by atoms with Crippen LogP contribution in [0.2, 0.25) is 0 Å². The van der Waals surface area contributed by atoms with Gasteiger partial charge in [0, 0.05) is 25.3 Å². The molecule has 1 aromatic heterocycles. The number of carbonyl (C=O) groups excluding carboxylic acids is 1. The molecule has 0 spiro atoms. The highest BCUT2D eigenvalue weighted by atomic mass is 79.9. The van der Waals surface area contributed by atoms with E-state index in [0.717, 1.165) is 24.2 Å². The van der Waals surface area contributed by atoms with Gasteiger partial charge < -0.3 is 10.1 Å². The first-order chi connectivity index (χ1) is 7.75. The molecule has 2 rings (SSSR count). The van der Waals surface area contributed by atoms with E-state index < -0.39 is 0 Å². The van der Waals surface area contributed by atoms with E-state index in [0.29, 0.717) is 18.0 Å². The van der Waals surface area contributed by atoms with Gasteiger partial charge >= 0.3 is 0 Å². The van der Waals surface area contributed by atoms with Gasteiger partial charge in [-0.25, -0.2) is 4.98 Å². The van der Waals surface area contributed by atoms with E-state index in [4.69, 9.17) is 4.74 Å². The van der Waals surface area contributed by atoms with Crippen LogP contribution in [0.5, 0.6) is 0 Å². The molecule has 1 amide bonds. The molecule has 0 saturated carbocycles. The predicted molar refractivity (Wildman–Crippen MR) is 63.2 cm³/mol. The van der Waals surface area contributed by atoms with Gasteiger partial charge in [-0.2, -0.15) is 0 Å². The molecule has 2 heterocycles. The Labute approximate surface area is 103 Å². The third kappa shape index (κ3) is 3.02. The molecule has 0 aromatic carbocycles. The smallest absolute Gasteiger partial charge is 0.252 e. The zero-order chi connectivity index (χ0) is 11.4. The Morgan fingerprint density at radius 3 is 3.12 bits per heavy atom. The summed E-state index contributed by atoms with van der Waals surface area (Å²) in [6, 6.07) is 3.51. The number of nitrogens with one attached hydrogen (secondary N) is 1. The summed E-state index contributed by atoms with van der Waals surface area (Å²) in [6.07, 6.45) is 2.59. The van der Waals surface area contributed by atoms with Crippen LogP contribution in [0.15, 0.2) is 22.9 Å². The number of rotatable bonds is 3. The van der Waals surface area contributed by atoms with E-state index >= 15 is 0 Å². The number of amides is 1. The highest BCUT2D eigenvalue weighted by molar-refractivity contribution is 9.10. The molecule has 1 unspecified atom stereocenters. The minimum absolute atomic E-state index is 0.0769. The second kappa shape index (κ2) is 5.41. The largest absolute Gasteiger partial charge is 0.381 e. The van der Waals surface area contributed by atoms with Gasteiger partial charge in [-0.15, -0.1) is 0 Å². The first kappa shape index (κ1) is 11.5. The molecule has 86 valence electrons. The molecule has 1 saturated heterocycles. The molecule has 16 heavy (non-hydrogen) atoms. The van der Waals surface area contributed by atoms with E-state index in [2.05, 4.69) is 26.2 Å². The third-order valence-electron chi connectivity index (χ3n) is 2.56. The van der Waals surface area contributed by atoms with Crippen LogP contribution in [0, 0.1) is 5.92 Å². The van der Waals surface area contributed by atoms with Crippen LogP contribution in [-0.4, -0.2) is 30.6 Å². The van der Waals surface area contributed by atoms with Crippen LogP contribution in [0.4, 0.5) is 0 Å². The molecule has 4 nitrogen and oxygen atoms in total. The Morgan fingerprint density at radius 2 is 2.50 bits per heavy atom. The molecular formula is C11H13BrN2O2. The lowest BCUT2D eigenvalue weighted by Gasteiger charge is -2.09. The average Bonchev–Trinajstić information content (AvgIpc) is 2.80. The van der Waals surface area contributed by atoms with Gasteiger partial charge in [0.15, 0.2) is 0 Å². The summed E-state index contributed by atoms with van der Waals surface area (Å²) in [7, 11) is 0. The third-order valence-corrected chi connectivity index (χ3v) is 3.03. The van der Waals surface area contributed by atoms with Crippen LogP contribution >= 0.6 is 15.9 Å². The molecule has 1 aromatic rings. The molecule has 5 heteroatoms. The van der Waals surface area contributed by atoms with Crippen LogP contribution < -0.4 is 5.32 Å². The predicted octanol–water partition coefficient (Wildman–Crippen LogP) is 1.61. The van der Waals surface area contributed by atoms with Gasteiger partial charge in [0.2, 0.25) is 0 Å². The van der Waals surface area contributed by atoms with Gasteiger partial charge in [-0.1, -0.05) is 0 Å². The average molecular weight is 285 g/mol. The molecule has 1 atom stereocenters. The second-order valence-electron chi connectivity index (χ2n) is 3.81.